The van der Waals surface area contributed by atoms with Crippen molar-refractivity contribution in [3.05, 3.63) is 96.1 Å². The number of nitrogens with zero attached hydrogens (tertiary/aromatic N) is 1. The maximum atomic E-state index is 12.5. The SMILES string of the molecule is Cc1cccc(OCC(=O)Nc2oc(-c3ccccc3)c(-c3ccccc3)c2C#N)c1. The average molecular weight is 408 g/mol. The third-order valence-electron chi connectivity index (χ3n) is 4.73. The Hall–Kier alpha value is -4.30. The van der Waals surface area contributed by atoms with Crippen LogP contribution in [0.3, 0.4) is 0 Å². The minimum atomic E-state index is -0.411. The van der Waals surface area contributed by atoms with E-state index < -0.39 is 5.91 Å². The standard InChI is InChI=1S/C26H20N2O3/c1-18-9-8-14-21(15-18)30-17-23(29)28-26-22(16-27)24(19-10-4-2-5-11-19)25(31-26)20-12-6-3-7-13-20/h2-15H,17H2,1H3,(H,28,29). The maximum absolute atomic E-state index is 12.5. The predicted octanol–water partition coefficient (Wildman–Crippen LogP) is 5.81. The number of ether oxygens (including phenoxy) is 1. The molecular formula is C26H20N2O3. The number of nitrogens with one attached hydrogen (secondary N) is 1. The molecule has 1 amide bonds. The van der Waals surface area contributed by atoms with Crippen molar-refractivity contribution in [1.29, 1.82) is 5.26 Å². The molecule has 0 saturated heterocycles. The van der Waals surface area contributed by atoms with Gasteiger partial charge in [-0.25, -0.2) is 0 Å². The van der Waals surface area contributed by atoms with Crippen molar-refractivity contribution < 1.29 is 13.9 Å². The summed E-state index contributed by atoms with van der Waals surface area (Å²) in [5.74, 6) is 0.826. The van der Waals surface area contributed by atoms with Gasteiger partial charge in [-0.2, -0.15) is 5.26 Å². The van der Waals surface area contributed by atoms with E-state index in [1.807, 2.05) is 85.8 Å². The Morgan fingerprint density at radius 3 is 2.29 bits per heavy atom. The zero-order valence-corrected chi connectivity index (χ0v) is 17.0. The van der Waals surface area contributed by atoms with Crippen molar-refractivity contribution in [2.24, 2.45) is 0 Å². The maximum Gasteiger partial charge on any atom is 0.264 e. The summed E-state index contributed by atoms with van der Waals surface area (Å²) < 4.78 is 11.6. The lowest BCUT2D eigenvalue weighted by Gasteiger charge is -2.06. The zero-order valence-electron chi connectivity index (χ0n) is 17.0. The number of hydrogen-bond donors (Lipinski definition) is 1. The van der Waals surface area contributed by atoms with Crippen LogP contribution < -0.4 is 10.1 Å². The Morgan fingerprint density at radius 1 is 0.968 bits per heavy atom. The molecule has 0 unspecified atom stereocenters. The van der Waals surface area contributed by atoms with Crippen LogP contribution in [-0.4, -0.2) is 12.5 Å². The van der Waals surface area contributed by atoms with E-state index in [2.05, 4.69) is 11.4 Å². The Bertz CT molecular complexity index is 1240. The monoisotopic (exact) mass is 408 g/mol. The quantitative estimate of drug-likeness (QED) is 0.437. The summed E-state index contributed by atoms with van der Waals surface area (Å²) in [6, 6.07) is 28.7. The van der Waals surface area contributed by atoms with E-state index in [0.29, 0.717) is 17.1 Å². The van der Waals surface area contributed by atoms with E-state index >= 15 is 0 Å². The summed E-state index contributed by atoms with van der Waals surface area (Å²) in [6.07, 6.45) is 0. The predicted molar refractivity (Wildman–Crippen MR) is 120 cm³/mol. The highest BCUT2D eigenvalue weighted by Crippen LogP contribution is 2.41. The smallest absolute Gasteiger partial charge is 0.264 e. The minimum Gasteiger partial charge on any atom is -0.484 e. The first kappa shape index (κ1) is 20.0. The summed E-state index contributed by atoms with van der Waals surface area (Å²) in [4.78, 5) is 12.5. The van der Waals surface area contributed by atoms with Gasteiger partial charge in [0.2, 0.25) is 5.88 Å². The Morgan fingerprint density at radius 2 is 1.65 bits per heavy atom. The molecule has 1 aromatic heterocycles. The first-order valence-electron chi connectivity index (χ1n) is 9.83. The van der Waals surface area contributed by atoms with E-state index in [9.17, 15) is 10.1 Å². The first-order valence-corrected chi connectivity index (χ1v) is 9.83. The number of aryl methyl sites for hydroxylation is 1. The lowest BCUT2D eigenvalue weighted by Crippen LogP contribution is -2.20. The number of amides is 1. The molecule has 5 nitrogen and oxygen atoms in total. The summed E-state index contributed by atoms with van der Waals surface area (Å²) in [5.41, 5.74) is 3.60. The molecule has 0 spiro atoms. The minimum absolute atomic E-state index is 0.109. The van der Waals surface area contributed by atoms with E-state index in [1.54, 1.807) is 6.07 Å². The highest BCUT2D eigenvalue weighted by atomic mass is 16.5. The first-order chi connectivity index (χ1) is 15.2. The van der Waals surface area contributed by atoms with Crippen LogP contribution in [-0.2, 0) is 4.79 Å². The largest absolute Gasteiger partial charge is 0.484 e. The van der Waals surface area contributed by atoms with Crippen molar-refractivity contribution in [2.45, 2.75) is 6.92 Å². The fourth-order valence-corrected chi connectivity index (χ4v) is 3.32. The summed E-state index contributed by atoms with van der Waals surface area (Å²) in [5, 5.41) is 12.6. The van der Waals surface area contributed by atoms with Crippen molar-refractivity contribution in [1.82, 2.24) is 0 Å². The Kier molecular flexibility index (Phi) is 5.82. The molecule has 0 atom stereocenters. The van der Waals surface area contributed by atoms with E-state index in [0.717, 1.165) is 16.7 Å². The molecule has 0 aliphatic rings. The number of hydrogen-bond acceptors (Lipinski definition) is 4. The van der Waals surface area contributed by atoms with Crippen LogP contribution in [0.2, 0.25) is 0 Å². The normalized spacial score (nSPS) is 10.3. The summed E-state index contributed by atoms with van der Waals surface area (Å²) >= 11 is 0. The molecule has 0 bridgehead atoms. The van der Waals surface area contributed by atoms with Gasteiger partial charge >= 0.3 is 0 Å². The fraction of sp³-hybridized carbons (Fsp3) is 0.0769. The molecule has 31 heavy (non-hydrogen) atoms. The van der Waals surface area contributed by atoms with Crippen molar-refractivity contribution in [2.75, 3.05) is 11.9 Å². The van der Waals surface area contributed by atoms with Gasteiger partial charge in [-0.05, 0) is 30.2 Å². The topological polar surface area (TPSA) is 75.3 Å². The van der Waals surface area contributed by atoms with Gasteiger partial charge in [0.05, 0.1) is 0 Å². The Balaban J connectivity index is 1.66. The van der Waals surface area contributed by atoms with Crippen LogP contribution in [0.15, 0.2) is 89.3 Å². The highest BCUT2D eigenvalue weighted by molar-refractivity contribution is 5.96. The van der Waals surface area contributed by atoms with Crippen LogP contribution in [0.4, 0.5) is 5.88 Å². The molecule has 0 fully saturated rings. The third-order valence-corrected chi connectivity index (χ3v) is 4.73. The molecule has 0 saturated carbocycles. The third kappa shape index (κ3) is 4.49. The van der Waals surface area contributed by atoms with Gasteiger partial charge in [0.1, 0.15) is 23.1 Å². The average Bonchev–Trinajstić information content (AvgIpc) is 3.17. The van der Waals surface area contributed by atoms with E-state index in [4.69, 9.17) is 9.15 Å². The van der Waals surface area contributed by atoms with Crippen molar-refractivity contribution >= 4 is 11.8 Å². The van der Waals surface area contributed by atoms with Gasteiger partial charge in [0.15, 0.2) is 6.61 Å². The van der Waals surface area contributed by atoms with Gasteiger partial charge in [-0.1, -0.05) is 72.8 Å². The molecule has 3 aromatic carbocycles. The van der Waals surface area contributed by atoms with E-state index in [1.165, 1.54) is 0 Å². The van der Waals surface area contributed by atoms with Crippen LogP contribution in [0.5, 0.6) is 5.75 Å². The second kappa shape index (κ2) is 9.02. The number of benzene rings is 3. The van der Waals surface area contributed by atoms with Gasteiger partial charge in [0, 0.05) is 11.1 Å². The van der Waals surface area contributed by atoms with Crippen LogP contribution in [0.25, 0.3) is 22.5 Å². The lowest BCUT2D eigenvalue weighted by molar-refractivity contribution is -0.118. The number of carbonyl (C=O) groups is 1. The second-order valence-electron chi connectivity index (χ2n) is 7.01. The summed E-state index contributed by atoms with van der Waals surface area (Å²) in [7, 11) is 0. The Labute approximate surface area is 180 Å². The van der Waals surface area contributed by atoms with Crippen molar-refractivity contribution in [3.63, 3.8) is 0 Å². The number of nitriles is 1. The molecule has 0 aliphatic carbocycles. The number of carbonyl (C=O) groups excluding carboxylic acids is 1. The number of anilines is 1. The molecule has 0 aliphatic heterocycles. The molecule has 1 N–H and O–H groups in total. The highest BCUT2D eigenvalue weighted by Gasteiger charge is 2.24. The second-order valence-corrected chi connectivity index (χ2v) is 7.01. The zero-order chi connectivity index (χ0) is 21.6. The van der Waals surface area contributed by atoms with Gasteiger partial charge in [-0.15, -0.1) is 0 Å². The molecule has 5 heteroatoms. The van der Waals surface area contributed by atoms with Crippen LogP contribution in [0.1, 0.15) is 11.1 Å². The van der Waals surface area contributed by atoms with E-state index in [-0.39, 0.29) is 18.1 Å². The summed E-state index contributed by atoms with van der Waals surface area (Å²) in [6.45, 7) is 1.75. The van der Waals surface area contributed by atoms with Gasteiger partial charge in [0.25, 0.3) is 5.91 Å². The van der Waals surface area contributed by atoms with Crippen LogP contribution >= 0.6 is 0 Å². The van der Waals surface area contributed by atoms with Crippen LogP contribution in [0, 0.1) is 18.3 Å². The van der Waals surface area contributed by atoms with Gasteiger partial charge < -0.3 is 9.15 Å². The molecule has 4 rings (SSSR count). The molecule has 152 valence electrons. The number of furan rings is 1. The van der Waals surface area contributed by atoms with Crippen molar-refractivity contribution in [3.8, 4) is 34.3 Å². The lowest BCUT2D eigenvalue weighted by atomic mass is 9.98. The number of rotatable bonds is 6. The van der Waals surface area contributed by atoms with Gasteiger partial charge in [-0.3, -0.25) is 10.1 Å². The molecule has 1 heterocycles. The molecule has 0 radical (unpaired) electrons. The fourth-order valence-electron chi connectivity index (χ4n) is 3.32. The molecular weight excluding hydrogens is 388 g/mol. The molecule has 4 aromatic rings.